The number of amides is 1. The maximum Gasteiger partial charge on any atom is 0.253 e. The summed E-state index contributed by atoms with van der Waals surface area (Å²) in [6.45, 7) is 4.03. The van der Waals surface area contributed by atoms with Crippen LogP contribution >= 0.6 is 11.3 Å². The molecule has 0 N–H and O–H groups in total. The average Bonchev–Trinajstić information content (AvgIpc) is 3.33. The first kappa shape index (κ1) is 17.7. The Kier molecular flexibility index (Phi) is 5.20. The van der Waals surface area contributed by atoms with E-state index in [0.29, 0.717) is 37.0 Å². The van der Waals surface area contributed by atoms with Gasteiger partial charge in [-0.05, 0) is 42.1 Å². The van der Waals surface area contributed by atoms with Crippen molar-refractivity contribution in [1.82, 2.24) is 15.0 Å². The van der Waals surface area contributed by atoms with Crippen LogP contribution in [0, 0.1) is 0 Å². The number of ether oxygens (including phenoxy) is 1. The Balaban J connectivity index is 1.32. The Morgan fingerprint density at radius 3 is 2.81 bits per heavy atom. The monoisotopic (exact) mass is 383 g/mol. The molecule has 6 nitrogen and oxygen atoms in total. The Bertz CT molecular complexity index is 884. The zero-order chi connectivity index (χ0) is 18.6. The summed E-state index contributed by atoms with van der Waals surface area (Å²) in [6.07, 6.45) is 2.13. The van der Waals surface area contributed by atoms with E-state index in [0.717, 1.165) is 23.5 Å². The van der Waals surface area contributed by atoms with Crippen LogP contribution in [-0.2, 0) is 0 Å². The first-order valence-electron chi connectivity index (χ1n) is 9.14. The van der Waals surface area contributed by atoms with E-state index >= 15 is 0 Å². The number of hydrogen-bond donors (Lipinski definition) is 0. The van der Waals surface area contributed by atoms with E-state index in [2.05, 4.69) is 17.1 Å². The molecule has 2 aromatic heterocycles. The normalized spacial score (nSPS) is 14.2. The molecule has 0 unspecified atom stereocenters. The minimum Gasteiger partial charge on any atom is -0.494 e. The van der Waals surface area contributed by atoms with Gasteiger partial charge in [-0.25, -0.2) is 0 Å². The number of aromatic nitrogens is 2. The molecule has 0 aliphatic carbocycles. The first-order valence-corrected chi connectivity index (χ1v) is 10.0. The van der Waals surface area contributed by atoms with Crippen molar-refractivity contribution in [2.45, 2.75) is 25.7 Å². The third-order valence-corrected chi connectivity index (χ3v) is 5.43. The summed E-state index contributed by atoms with van der Waals surface area (Å²) in [4.78, 5) is 19.8. The summed E-state index contributed by atoms with van der Waals surface area (Å²) in [5.74, 6) is 2.13. The third kappa shape index (κ3) is 3.88. The predicted molar refractivity (Wildman–Crippen MR) is 103 cm³/mol. The van der Waals surface area contributed by atoms with Gasteiger partial charge in [-0.1, -0.05) is 24.6 Å². The molecular formula is C20H21N3O3S. The van der Waals surface area contributed by atoms with Gasteiger partial charge in [0, 0.05) is 18.7 Å². The molecule has 7 heteroatoms. The van der Waals surface area contributed by atoms with Gasteiger partial charge in [0.05, 0.1) is 17.4 Å². The molecule has 1 amide bonds. The fourth-order valence-corrected chi connectivity index (χ4v) is 3.57. The lowest BCUT2D eigenvalue weighted by Crippen LogP contribution is -2.48. The molecule has 0 bridgehead atoms. The van der Waals surface area contributed by atoms with Crippen molar-refractivity contribution in [2.75, 3.05) is 19.7 Å². The summed E-state index contributed by atoms with van der Waals surface area (Å²) in [5.41, 5.74) is 0.668. The van der Waals surface area contributed by atoms with Crippen molar-refractivity contribution in [3.63, 3.8) is 0 Å². The number of rotatable bonds is 7. The van der Waals surface area contributed by atoms with Crippen molar-refractivity contribution in [2.24, 2.45) is 0 Å². The van der Waals surface area contributed by atoms with Crippen molar-refractivity contribution in [3.8, 4) is 16.5 Å². The highest BCUT2D eigenvalue weighted by Crippen LogP contribution is 2.30. The van der Waals surface area contributed by atoms with Gasteiger partial charge >= 0.3 is 0 Å². The number of thiophene rings is 1. The molecule has 1 aliphatic heterocycles. The second-order valence-corrected chi connectivity index (χ2v) is 7.51. The van der Waals surface area contributed by atoms with Crippen molar-refractivity contribution >= 4 is 17.2 Å². The van der Waals surface area contributed by atoms with E-state index in [1.54, 1.807) is 16.2 Å². The number of unbranched alkanes of at least 4 members (excludes halogenated alkanes) is 1. The second kappa shape index (κ2) is 7.92. The minimum absolute atomic E-state index is 0.0179. The van der Waals surface area contributed by atoms with Crippen LogP contribution in [0.5, 0.6) is 5.75 Å². The van der Waals surface area contributed by atoms with Crippen molar-refractivity contribution in [1.29, 1.82) is 0 Å². The number of nitrogens with zero attached hydrogens (tertiary/aromatic N) is 3. The molecule has 0 radical (unpaired) electrons. The van der Waals surface area contributed by atoms with Crippen LogP contribution in [0.3, 0.4) is 0 Å². The molecule has 0 saturated carbocycles. The van der Waals surface area contributed by atoms with E-state index in [9.17, 15) is 4.79 Å². The first-order chi connectivity index (χ1) is 13.2. The van der Waals surface area contributed by atoms with Crippen molar-refractivity contribution < 1.29 is 14.1 Å². The van der Waals surface area contributed by atoms with Crippen LogP contribution in [-0.4, -0.2) is 40.6 Å². The number of likely N-dealkylation sites (tertiary alicyclic amines) is 1. The van der Waals surface area contributed by atoms with E-state index in [4.69, 9.17) is 9.26 Å². The van der Waals surface area contributed by atoms with Gasteiger partial charge in [-0.3, -0.25) is 4.79 Å². The van der Waals surface area contributed by atoms with Crippen LogP contribution in [0.1, 0.15) is 41.9 Å². The van der Waals surface area contributed by atoms with Crippen LogP contribution in [0.15, 0.2) is 46.3 Å². The molecule has 1 aliphatic rings. The minimum atomic E-state index is 0.0179. The van der Waals surface area contributed by atoms with E-state index in [1.165, 1.54) is 0 Å². The van der Waals surface area contributed by atoms with E-state index in [-0.39, 0.29) is 11.8 Å². The zero-order valence-electron chi connectivity index (χ0n) is 15.1. The highest BCUT2D eigenvalue weighted by atomic mass is 32.1. The molecule has 3 aromatic rings. The highest BCUT2D eigenvalue weighted by molar-refractivity contribution is 7.13. The molecule has 3 heterocycles. The molecule has 27 heavy (non-hydrogen) atoms. The Hall–Kier alpha value is -2.67. The van der Waals surface area contributed by atoms with Gasteiger partial charge in [0.1, 0.15) is 5.75 Å². The lowest BCUT2D eigenvalue weighted by atomic mass is 9.98. The van der Waals surface area contributed by atoms with Gasteiger partial charge in [0.25, 0.3) is 5.91 Å². The maximum absolute atomic E-state index is 12.6. The molecule has 0 spiro atoms. The molecule has 4 rings (SSSR count). The number of carbonyl (C=O) groups is 1. The van der Waals surface area contributed by atoms with Gasteiger partial charge in [0.2, 0.25) is 11.7 Å². The molecular weight excluding hydrogens is 362 g/mol. The van der Waals surface area contributed by atoms with E-state index < -0.39 is 0 Å². The third-order valence-electron chi connectivity index (χ3n) is 4.57. The number of hydrogen-bond acceptors (Lipinski definition) is 6. The van der Waals surface area contributed by atoms with Crippen LogP contribution in [0.4, 0.5) is 0 Å². The SMILES string of the molecule is CCCCOc1ccc(C(=O)N2CC(c3nc(-c4cccs4)no3)C2)cc1. The zero-order valence-corrected chi connectivity index (χ0v) is 15.9. The average molecular weight is 383 g/mol. The Morgan fingerprint density at radius 2 is 2.11 bits per heavy atom. The van der Waals surface area contributed by atoms with E-state index in [1.807, 2.05) is 41.8 Å². The fraction of sp³-hybridized carbons (Fsp3) is 0.350. The van der Waals surface area contributed by atoms with Gasteiger partial charge < -0.3 is 14.2 Å². The largest absolute Gasteiger partial charge is 0.494 e. The molecule has 1 aromatic carbocycles. The summed E-state index contributed by atoms with van der Waals surface area (Å²) in [5, 5.41) is 6.02. The predicted octanol–water partition coefficient (Wildman–Crippen LogP) is 4.22. The number of carbonyl (C=O) groups excluding carboxylic acids is 1. The molecule has 140 valence electrons. The molecule has 0 atom stereocenters. The van der Waals surface area contributed by atoms with Crippen molar-refractivity contribution in [3.05, 3.63) is 53.2 Å². The Labute approximate surface area is 161 Å². The summed E-state index contributed by atoms with van der Waals surface area (Å²) in [7, 11) is 0. The smallest absolute Gasteiger partial charge is 0.253 e. The summed E-state index contributed by atoms with van der Waals surface area (Å²) < 4.78 is 11.0. The summed E-state index contributed by atoms with van der Waals surface area (Å²) >= 11 is 1.58. The number of benzene rings is 1. The Morgan fingerprint density at radius 1 is 1.30 bits per heavy atom. The second-order valence-electron chi connectivity index (χ2n) is 6.57. The highest BCUT2D eigenvalue weighted by Gasteiger charge is 2.36. The standard InChI is InChI=1S/C20H21N3O3S/c1-2-3-10-25-16-8-6-14(7-9-16)20(24)23-12-15(13-23)19-21-18(22-26-19)17-5-4-11-27-17/h4-9,11,15H,2-3,10,12-13H2,1H3. The topological polar surface area (TPSA) is 68.5 Å². The van der Waals surface area contributed by atoms with Gasteiger partial charge in [-0.2, -0.15) is 4.98 Å². The maximum atomic E-state index is 12.6. The van der Waals surface area contributed by atoms with Crippen LogP contribution < -0.4 is 4.74 Å². The summed E-state index contributed by atoms with van der Waals surface area (Å²) in [6, 6.07) is 11.3. The fourth-order valence-electron chi connectivity index (χ4n) is 2.92. The quantitative estimate of drug-likeness (QED) is 0.572. The molecule has 1 fully saturated rings. The van der Waals surface area contributed by atoms with Gasteiger partial charge in [0.15, 0.2) is 0 Å². The molecule has 1 saturated heterocycles. The van der Waals surface area contributed by atoms with Crippen LogP contribution in [0.2, 0.25) is 0 Å². The van der Waals surface area contributed by atoms with Gasteiger partial charge in [-0.15, -0.1) is 11.3 Å². The lowest BCUT2D eigenvalue weighted by molar-refractivity contribution is 0.0569. The lowest BCUT2D eigenvalue weighted by Gasteiger charge is -2.37. The van der Waals surface area contributed by atoms with Crippen LogP contribution in [0.25, 0.3) is 10.7 Å².